The predicted octanol–water partition coefficient (Wildman–Crippen LogP) is 2.70. The van der Waals surface area contributed by atoms with Gasteiger partial charge in [0, 0.05) is 18.8 Å². The Bertz CT molecular complexity index is 717. The second kappa shape index (κ2) is 8.22. The smallest absolute Gasteiger partial charge is 0.256 e. The van der Waals surface area contributed by atoms with Crippen molar-refractivity contribution in [2.45, 2.75) is 46.1 Å². The molecule has 0 aliphatic carbocycles. The van der Waals surface area contributed by atoms with E-state index in [0.717, 1.165) is 31.5 Å². The monoisotopic (exact) mass is 356 g/mol. The number of nitrogens with zero attached hydrogens (tertiary/aromatic N) is 2. The van der Waals surface area contributed by atoms with Gasteiger partial charge in [0.1, 0.15) is 5.54 Å². The van der Waals surface area contributed by atoms with E-state index in [1.54, 1.807) is 6.92 Å². The van der Waals surface area contributed by atoms with Crippen LogP contribution in [0.25, 0.3) is 0 Å². The van der Waals surface area contributed by atoms with E-state index in [4.69, 9.17) is 0 Å². The fourth-order valence-electron chi connectivity index (χ4n) is 2.99. The van der Waals surface area contributed by atoms with Gasteiger partial charge in [-0.3, -0.25) is 9.59 Å². The molecule has 2 amide bonds. The minimum absolute atomic E-state index is 0.00699. The summed E-state index contributed by atoms with van der Waals surface area (Å²) in [6.07, 6.45) is 2.06. The highest BCUT2D eigenvalue weighted by Crippen LogP contribution is 2.23. The summed E-state index contributed by atoms with van der Waals surface area (Å²) in [6.45, 7) is 8.97. The number of amides is 2. The van der Waals surface area contributed by atoms with Gasteiger partial charge in [0.15, 0.2) is 0 Å². The summed E-state index contributed by atoms with van der Waals surface area (Å²) in [6, 6.07) is 7.75. The average Bonchev–Trinajstić information content (AvgIpc) is 3.13. The van der Waals surface area contributed by atoms with Gasteiger partial charge in [0.25, 0.3) is 5.91 Å². The van der Waals surface area contributed by atoms with E-state index in [1.165, 1.54) is 0 Å². The molecule has 1 aliphatic heterocycles. The molecule has 2 rings (SSSR count). The zero-order chi connectivity index (χ0) is 19.3. The van der Waals surface area contributed by atoms with Crippen LogP contribution in [0.2, 0.25) is 0 Å². The molecule has 0 aromatic heterocycles. The number of likely N-dealkylation sites (tertiary alicyclic amines) is 1. The number of benzene rings is 1. The zero-order valence-corrected chi connectivity index (χ0v) is 16.1. The first-order chi connectivity index (χ1) is 12.3. The molecular weight excluding hydrogens is 328 g/mol. The topological polar surface area (TPSA) is 85.2 Å². The lowest BCUT2D eigenvalue weighted by atomic mass is 9.90. The van der Waals surface area contributed by atoms with Crippen LogP contribution in [0.5, 0.6) is 0 Å². The third kappa shape index (κ3) is 4.34. The number of nitriles is 1. The lowest BCUT2D eigenvalue weighted by Crippen LogP contribution is -2.50. The molecule has 2 N–H and O–H groups in total. The van der Waals surface area contributed by atoms with Crippen LogP contribution >= 0.6 is 0 Å². The first kappa shape index (κ1) is 19.8. The van der Waals surface area contributed by atoms with Gasteiger partial charge in [-0.2, -0.15) is 5.26 Å². The Kier molecular flexibility index (Phi) is 6.25. The Balaban J connectivity index is 2.10. The van der Waals surface area contributed by atoms with E-state index in [9.17, 15) is 14.9 Å². The van der Waals surface area contributed by atoms with Gasteiger partial charge in [-0.05, 0) is 44.2 Å². The Morgan fingerprint density at radius 3 is 2.54 bits per heavy atom. The lowest BCUT2D eigenvalue weighted by molar-refractivity contribution is -0.121. The quantitative estimate of drug-likeness (QED) is 0.821. The summed E-state index contributed by atoms with van der Waals surface area (Å²) in [5, 5.41) is 15.2. The molecular formula is C20H28N4O2. The second-order valence-corrected chi connectivity index (χ2v) is 7.37. The molecule has 1 atom stereocenters. The number of carbonyl (C=O) groups excluding carboxylic acids is 2. The molecule has 0 spiro atoms. The van der Waals surface area contributed by atoms with E-state index >= 15 is 0 Å². The molecule has 0 unspecified atom stereocenters. The van der Waals surface area contributed by atoms with E-state index in [1.807, 2.05) is 43.9 Å². The fourth-order valence-corrected chi connectivity index (χ4v) is 2.99. The second-order valence-electron chi connectivity index (χ2n) is 7.37. The molecule has 1 fully saturated rings. The molecule has 1 aromatic rings. The van der Waals surface area contributed by atoms with E-state index in [0.29, 0.717) is 11.3 Å². The van der Waals surface area contributed by atoms with Gasteiger partial charge >= 0.3 is 0 Å². The summed E-state index contributed by atoms with van der Waals surface area (Å²) >= 11 is 0. The normalized spacial score (nSPS) is 16.1. The van der Waals surface area contributed by atoms with Gasteiger partial charge in [-0.25, -0.2) is 0 Å². The van der Waals surface area contributed by atoms with Crippen LogP contribution in [-0.2, 0) is 4.79 Å². The first-order valence-electron chi connectivity index (χ1n) is 9.13. The summed E-state index contributed by atoms with van der Waals surface area (Å²) < 4.78 is 0. The highest BCUT2D eigenvalue weighted by Gasteiger charge is 2.30. The van der Waals surface area contributed by atoms with Crippen LogP contribution in [0, 0.1) is 24.2 Å². The maximum atomic E-state index is 12.8. The Hall–Kier alpha value is -2.55. The Labute approximate surface area is 155 Å². The van der Waals surface area contributed by atoms with Crippen molar-refractivity contribution in [3.63, 3.8) is 0 Å². The number of anilines is 1. The third-order valence-electron chi connectivity index (χ3n) is 5.11. The summed E-state index contributed by atoms with van der Waals surface area (Å²) in [5.41, 5.74) is 1.24. The standard InChI is InChI=1S/C20H28N4O2/c1-14(2)20(4,13-21)23-17(25)12-22-16-9-7-8-15(3)18(16)19(26)24-10-5-6-11-24/h7-9,14,22H,5-6,10-12H2,1-4H3,(H,23,25)/t20-/m0/s1. The van der Waals surface area contributed by atoms with Crippen molar-refractivity contribution in [3.8, 4) is 6.07 Å². The van der Waals surface area contributed by atoms with Gasteiger partial charge in [0.2, 0.25) is 5.91 Å². The maximum absolute atomic E-state index is 12.8. The minimum atomic E-state index is -0.917. The van der Waals surface area contributed by atoms with Crippen LogP contribution in [0.1, 0.15) is 49.5 Å². The van der Waals surface area contributed by atoms with Crippen LogP contribution in [0.4, 0.5) is 5.69 Å². The molecule has 1 aromatic carbocycles. The molecule has 0 bridgehead atoms. The number of rotatable bonds is 6. The van der Waals surface area contributed by atoms with Crippen LogP contribution in [0.3, 0.4) is 0 Å². The molecule has 1 heterocycles. The van der Waals surface area contributed by atoms with Crippen molar-refractivity contribution < 1.29 is 9.59 Å². The molecule has 1 saturated heterocycles. The Morgan fingerprint density at radius 1 is 1.31 bits per heavy atom. The molecule has 26 heavy (non-hydrogen) atoms. The number of hydrogen-bond donors (Lipinski definition) is 2. The van der Waals surface area contributed by atoms with Crippen molar-refractivity contribution in [2.24, 2.45) is 5.92 Å². The molecule has 6 nitrogen and oxygen atoms in total. The lowest BCUT2D eigenvalue weighted by Gasteiger charge is -2.27. The van der Waals surface area contributed by atoms with Crippen molar-refractivity contribution >= 4 is 17.5 Å². The van der Waals surface area contributed by atoms with Crippen LogP contribution < -0.4 is 10.6 Å². The Morgan fingerprint density at radius 2 is 1.96 bits per heavy atom. The summed E-state index contributed by atoms with van der Waals surface area (Å²) in [7, 11) is 0. The summed E-state index contributed by atoms with van der Waals surface area (Å²) in [4.78, 5) is 27.0. The maximum Gasteiger partial charge on any atom is 0.256 e. The summed E-state index contributed by atoms with van der Waals surface area (Å²) in [5.74, 6) is -0.279. The molecule has 0 radical (unpaired) electrons. The molecule has 1 aliphatic rings. The minimum Gasteiger partial charge on any atom is -0.376 e. The van der Waals surface area contributed by atoms with Crippen molar-refractivity contribution in [1.29, 1.82) is 5.26 Å². The number of nitrogens with one attached hydrogen (secondary N) is 2. The molecule has 0 saturated carbocycles. The van der Waals surface area contributed by atoms with Crippen molar-refractivity contribution in [3.05, 3.63) is 29.3 Å². The van der Waals surface area contributed by atoms with Gasteiger partial charge in [-0.1, -0.05) is 26.0 Å². The molecule has 140 valence electrons. The average molecular weight is 356 g/mol. The zero-order valence-electron chi connectivity index (χ0n) is 16.1. The third-order valence-corrected chi connectivity index (χ3v) is 5.11. The van der Waals surface area contributed by atoms with Crippen molar-refractivity contribution in [2.75, 3.05) is 25.0 Å². The fraction of sp³-hybridized carbons (Fsp3) is 0.550. The van der Waals surface area contributed by atoms with E-state index in [-0.39, 0.29) is 24.3 Å². The number of carbonyl (C=O) groups is 2. The SMILES string of the molecule is Cc1cccc(NCC(=O)N[C@@](C)(C#N)C(C)C)c1C(=O)N1CCCC1. The van der Waals surface area contributed by atoms with Crippen LogP contribution in [-0.4, -0.2) is 41.9 Å². The van der Waals surface area contributed by atoms with Crippen molar-refractivity contribution in [1.82, 2.24) is 10.2 Å². The van der Waals surface area contributed by atoms with Gasteiger partial charge < -0.3 is 15.5 Å². The van der Waals surface area contributed by atoms with Gasteiger partial charge in [0.05, 0.1) is 18.2 Å². The highest BCUT2D eigenvalue weighted by atomic mass is 16.2. The highest BCUT2D eigenvalue weighted by molar-refractivity contribution is 6.01. The molecule has 6 heteroatoms. The largest absolute Gasteiger partial charge is 0.376 e. The van der Waals surface area contributed by atoms with E-state index in [2.05, 4.69) is 16.7 Å². The van der Waals surface area contributed by atoms with Gasteiger partial charge in [-0.15, -0.1) is 0 Å². The van der Waals surface area contributed by atoms with E-state index < -0.39 is 5.54 Å². The first-order valence-corrected chi connectivity index (χ1v) is 9.13. The number of hydrogen-bond acceptors (Lipinski definition) is 4. The predicted molar refractivity (Wildman–Crippen MR) is 102 cm³/mol. The number of aryl methyl sites for hydroxylation is 1. The van der Waals surface area contributed by atoms with Crippen LogP contribution in [0.15, 0.2) is 18.2 Å².